The highest BCUT2D eigenvalue weighted by atomic mass is 32.1. The molecule has 1 unspecified atom stereocenters. The Bertz CT molecular complexity index is 352. The summed E-state index contributed by atoms with van der Waals surface area (Å²) in [5.41, 5.74) is 5.31. The minimum absolute atomic E-state index is 0.0943. The van der Waals surface area contributed by atoms with Crippen LogP contribution in [0.3, 0.4) is 0 Å². The van der Waals surface area contributed by atoms with Gasteiger partial charge in [0.2, 0.25) is 5.91 Å². The number of thiocarbonyl (C=S) groups is 1. The summed E-state index contributed by atoms with van der Waals surface area (Å²) in [4.78, 5) is 15.5. The van der Waals surface area contributed by atoms with Crippen LogP contribution < -0.4 is 5.73 Å². The fraction of sp³-hybridized carbons (Fsp3) is 0.875. The molecule has 0 saturated carbocycles. The monoisotopic (exact) mass is 314 g/mol. The Morgan fingerprint density at radius 1 is 1.33 bits per heavy atom. The molecule has 1 rings (SSSR count). The highest BCUT2D eigenvalue weighted by Gasteiger charge is 2.44. The summed E-state index contributed by atoms with van der Waals surface area (Å²) in [6.07, 6.45) is 6.99. The first kappa shape index (κ1) is 18.4. The van der Waals surface area contributed by atoms with Crippen LogP contribution in [-0.2, 0) is 4.79 Å². The molecule has 0 bridgehead atoms. The van der Waals surface area contributed by atoms with Crippen LogP contribution in [0.25, 0.3) is 0 Å². The second-order valence-electron chi connectivity index (χ2n) is 6.11. The molecule has 21 heavy (non-hydrogen) atoms. The molecule has 5 heteroatoms. The van der Waals surface area contributed by atoms with E-state index in [1.807, 2.05) is 4.90 Å². The van der Waals surface area contributed by atoms with Gasteiger partial charge in [0.1, 0.15) is 0 Å². The molecule has 0 aromatic rings. The fourth-order valence-electron chi connectivity index (χ4n) is 3.54. The maximum Gasteiger partial charge on any atom is 0.235 e. The van der Waals surface area contributed by atoms with Crippen LogP contribution in [0.4, 0.5) is 0 Å². The summed E-state index contributed by atoms with van der Waals surface area (Å²) in [7, 11) is 0. The Morgan fingerprint density at radius 3 is 2.43 bits per heavy atom. The van der Waals surface area contributed by atoms with Gasteiger partial charge in [0.25, 0.3) is 0 Å². The molecule has 0 aromatic heterocycles. The van der Waals surface area contributed by atoms with E-state index in [0.29, 0.717) is 11.4 Å². The summed E-state index contributed by atoms with van der Waals surface area (Å²) in [5.74, 6) is 0.0943. The van der Waals surface area contributed by atoms with Gasteiger partial charge in [0, 0.05) is 19.2 Å². The SMILES string of the molecule is CCCC(CCC)(C(=O)N1CCCCC1CCO)C(N)=S. The lowest BCUT2D eigenvalue weighted by Crippen LogP contribution is -2.55. The van der Waals surface area contributed by atoms with Crippen molar-refractivity contribution in [2.75, 3.05) is 13.2 Å². The molecule has 1 fully saturated rings. The summed E-state index contributed by atoms with van der Waals surface area (Å²) in [6, 6.07) is 0.138. The smallest absolute Gasteiger partial charge is 0.235 e. The van der Waals surface area contributed by atoms with Crippen molar-refractivity contribution in [3.63, 3.8) is 0 Å². The van der Waals surface area contributed by atoms with Gasteiger partial charge in [-0.05, 0) is 38.5 Å². The van der Waals surface area contributed by atoms with Gasteiger partial charge in [-0.2, -0.15) is 0 Å². The van der Waals surface area contributed by atoms with Crippen molar-refractivity contribution < 1.29 is 9.90 Å². The van der Waals surface area contributed by atoms with Gasteiger partial charge < -0.3 is 15.7 Å². The van der Waals surface area contributed by atoms with E-state index in [-0.39, 0.29) is 18.6 Å². The van der Waals surface area contributed by atoms with E-state index < -0.39 is 5.41 Å². The maximum absolute atomic E-state index is 13.2. The number of nitrogens with two attached hydrogens (primary N) is 1. The fourth-order valence-corrected chi connectivity index (χ4v) is 3.83. The lowest BCUT2D eigenvalue weighted by atomic mass is 9.76. The lowest BCUT2D eigenvalue weighted by molar-refractivity contribution is -0.143. The lowest BCUT2D eigenvalue weighted by Gasteiger charge is -2.42. The van der Waals surface area contributed by atoms with Crippen molar-refractivity contribution in [1.29, 1.82) is 0 Å². The number of amides is 1. The number of hydrogen-bond acceptors (Lipinski definition) is 3. The van der Waals surface area contributed by atoms with Crippen molar-refractivity contribution in [2.45, 2.75) is 71.3 Å². The Hall–Kier alpha value is -0.680. The Morgan fingerprint density at radius 2 is 1.95 bits per heavy atom. The van der Waals surface area contributed by atoms with Gasteiger partial charge in [0.15, 0.2) is 0 Å². The average Bonchev–Trinajstić information content (AvgIpc) is 2.47. The van der Waals surface area contributed by atoms with Gasteiger partial charge >= 0.3 is 0 Å². The summed E-state index contributed by atoms with van der Waals surface area (Å²) in [5, 5.41) is 9.25. The van der Waals surface area contributed by atoms with Crippen LogP contribution in [0.2, 0.25) is 0 Å². The first-order valence-electron chi connectivity index (χ1n) is 8.25. The predicted molar refractivity (Wildman–Crippen MR) is 90.1 cm³/mol. The number of aliphatic hydroxyl groups excluding tert-OH is 1. The molecular formula is C16H30N2O2S. The molecule has 4 nitrogen and oxygen atoms in total. The molecule has 1 amide bonds. The molecule has 122 valence electrons. The van der Waals surface area contributed by atoms with Gasteiger partial charge in [-0.1, -0.05) is 38.9 Å². The van der Waals surface area contributed by atoms with Gasteiger partial charge in [0.05, 0.1) is 10.4 Å². The van der Waals surface area contributed by atoms with E-state index in [9.17, 15) is 9.90 Å². The van der Waals surface area contributed by atoms with E-state index in [1.54, 1.807) is 0 Å². The average molecular weight is 314 g/mol. The number of piperidine rings is 1. The number of likely N-dealkylation sites (tertiary alicyclic amines) is 1. The largest absolute Gasteiger partial charge is 0.396 e. The molecule has 0 aromatic carbocycles. The molecule has 1 heterocycles. The van der Waals surface area contributed by atoms with Crippen LogP contribution in [0.1, 0.15) is 65.2 Å². The van der Waals surface area contributed by atoms with E-state index >= 15 is 0 Å². The molecule has 1 aliphatic rings. The Balaban J connectivity index is 3.04. The maximum atomic E-state index is 13.2. The second-order valence-corrected chi connectivity index (χ2v) is 6.55. The van der Waals surface area contributed by atoms with Crippen LogP contribution >= 0.6 is 12.2 Å². The third-order valence-corrected chi connectivity index (χ3v) is 4.98. The summed E-state index contributed by atoms with van der Waals surface area (Å²) in [6.45, 7) is 5.02. The minimum Gasteiger partial charge on any atom is -0.396 e. The first-order chi connectivity index (χ1) is 10.0. The third kappa shape index (κ3) is 4.16. The standard InChI is InChI=1S/C16H30N2O2S/c1-3-9-16(10-4-2,14(17)21)15(20)18-11-6-5-7-13(18)8-12-19/h13,19H,3-12H2,1-2H3,(H2,17,21). The van der Waals surface area contributed by atoms with Gasteiger partial charge in [-0.15, -0.1) is 0 Å². The van der Waals surface area contributed by atoms with Crippen molar-refractivity contribution in [2.24, 2.45) is 11.1 Å². The number of carbonyl (C=O) groups excluding carboxylic acids is 1. The topological polar surface area (TPSA) is 66.6 Å². The van der Waals surface area contributed by atoms with Crippen LogP contribution in [0.5, 0.6) is 0 Å². The van der Waals surface area contributed by atoms with E-state index in [0.717, 1.165) is 51.5 Å². The number of hydrogen-bond donors (Lipinski definition) is 2. The first-order valence-corrected chi connectivity index (χ1v) is 8.66. The molecule has 1 aliphatic heterocycles. The molecule has 3 N–H and O–H groups in total. The van der Waals surface area contributed by atoms with Gasteiger partial charge in [-0.25, -0.2) is 0 Å². The number of rotatable bonds is 8. The number of nitrogens with zero attached hydrogens (tertiary/aromatic N) is 1. The van der Waals surface area contributed by atoms with E-state index in [4.69, 9.17) is 18.0 Å². The van der Waals surface area contributed by atoms with E-state index in [1.165, 1.54) is 0 Å². The van der Waals surface area contributed by atoms with Crippen LogP contribution in [0, 0.1) is 5.41 Å². The van der Waals surface area contributed by atoms with Gasteiger partial charge in [-0.3, -0.25) is 4.79 Å². The summed E-state index contributed by atoms with van der Waals surface area (Å²) < 4.78 is 0. The van der Waals surface area contributed by atoms with Crippen molar-refractivity contribution in [3.05, 3.63) is 0 Å². The van der Waals surface area contributed by atoms with Crippen molar-refractivity contribution in [1.82, 2.24) is 4.90 Å². The van der Waals surface area contributed by atoms with Crippen molar-refractivity contribution in [3.8, 4) is 0 Å². The molecular weight excluding hydrogens is 284 g/mol. The zero-order valence-electron chi connectivity index (χ0n) is 13.4. The molecule has 1 saturated heterocycles. The summed E-state index contributed by atoms with van der Waals surface area (Å²) >= 11 is 5.29. The number of aliphatic hydroxyl groups is 1. The molecule has 0 aliphatic carbocycles. The molecule has 0 radical (unpaired) electrons. The second kappa shape index (κ2) is 8.69. The van der Waals surface area contributed by atoms with E-state index in [2.05, 4.69) is 13.8 Å². The highest BCUT2D eigenvalue weighted by molar-refractivity contribution is 7.80. The number of carbonyl (C=O) groups is 1. The van der Waals surface area contributed by atoms with Crippen molar-refractivity contribution >= 4 is 23.1 Å². The van der Waals surface area contributed by atoms with Crippen LogP contribution in [0.15, 0.2) is 0 Å². The quantitative estimate of drug-likeness (QED) is 0.676. The molecule has 0 spiro atoms. The Labute approximate surface area is 134 Å². The van der Waals surface area contributed by atoms with Crippen LogP contribution in [-0.4, -0.2) is 40.1 Å². The predicted octanol–water partition coefficient (Wildman–Crippen LogP) is 2.62. The minimum atomic E-state index is -0.691. The normalized spacial score (nSPS) is 19.6. The third-order valence-electron chi connectivity index (χ3n) is 4.58. The zero-order valence-corrected chi connectivity index (χ0v) is 14.3. The zero-order chi connectivity index (χ0) is 15.9. The molecule has 1 atom stereocenters. The Kier molecular flexibility index (Phi) is 7.60. The highest BCUT2D eigenvalue weighted by Crippen LogP contribution is 2.35.